The molecule has 0 aromatic carbocycles. The molecule has 1 heterocycles. The van der Waals surface area contributed by atoms with Gasteiger partial charge in [-0.2, -0.15) is 0 Å². The number of nitrogens with one attached hydrogen (secondary N) is 1. The van der Waals surface area contributed by atoms with Crippen LogP contribution in [0.5, 0.6) is 0 Å². The Bertz CT molecular complexity index is 215. The summed E-state index contributed by atoms with van der Waals surface area (Å²) in [4.78, 5) is 2.76. The van der Waals surface area contributed by atoms with E-state index in [0.29, 0.717) is 6.04 Å². The van der Waals surface area contributed by atoms with Crippen molar-refractivity contribution in [2.75, 3.05) is 13.1 Å². The molecule has 1 aliphatic heterocycles. The van der Waals surface area contributed by atoms with Crippen molar-refractivity contribution in [2.45, 2.75) is 84.8 Å². The molecule has 0 radical (unpaired) electrons. The first kappa shape index (κ1) is 16.0. The zero-order valence-electron chi connectivity index (χ0n) is 13.2. The topological polar surface area (TPSA) is 15.3 Å². The maximum Gasteiger partial charge on any atom is 0.0247 e. The van der Waals surface area contributed by atoms with Gasteiger partial charge in [0.15, 0.2) is 0 Å². The van der Waals surface area contributed by atoms with Crippen LogP contribution in [0.15, 0.2) is 0 Å². The van der Waals surface area contributed by atoms with Gasteiger partial charge < -0.3 is 5.32 Å². The van der Waals surface area contributed by atoms with Gasteiger partial charge in [-0.25, -0.2) is 0 Å². The van der Waals surface area contributed by atoms with E-state index in [9.17, 15) is 0 Å². The normalized spacial score (nSPS) is 27.7. The van der Waals surface area contributed by atoms with Crippen LogP contribution in [-0.4, -0.2) is 36.1 Å². The average molecular weight is 254 g/mol. The van der Waals surface area contributed by atoms with E-state index in [0.717, 1.165) is 24.5 Å². The van der Waals surface area contributed by atoms with E-state index in [1.54, 1.807) is 0 Å². The van der Waals surface area contributed by atoms with E-state index >= 15 is 0 Å². The van der Waals surface area contributed by atoms with Crippen LogP contribution in [0.3, 0.4) is 0 Å². The molecule has 2 heteroatoms. The maximum atomic E-state index is 3.63. The van der Waals surface area contributed by atoms with Crippen molar-refractivity contribution in [3.63, 3.8) is 0 Å². The maximum absolute atomic E-state index is 3.63. The lowest BCUT2D eigenvalue weighted by atomic mass is 9.95. The molecule has 0 amide bonds. The van der Waals surface area contributed by atoms with E-state index in [1.165, 1.54) is 38.6 Å². The summed E-state index contributed by atoms with van der Waals surface area (Å²) in [5.41, 5.74) is 0. The van der Waals surface area contributed by atoms with Crippen molar-refractivity contribution >= 4 is 0 Å². The van der Waals surface area contributed by atoms with Crippen molar-refractivity contribution in [3.8, 4) is 0 Å². The van der Waals surface area contributed by atoms with Crippen LogP contribution in [0.4, 0.5) is 0 Å². The molecule has 3 unspecified atom stereocenters. The Hall–Kier alpha value is -0.0800. The molecule has 108 valence electrons. The first-order chi connectivity index (χ1) is 8.56. The molecule has 0 saturated carbocycles. The van der Waals surface area contributed by atoms with Crippen LogP contribution in [0.2, 0.25) is 0 Å². The van der Waals surface area contributed by atoms with E-state index < -0.39 is 0 Å². The average Bonchev–Trinajstić information content (AvgIpc) is 2.34. The molecule has 1 aliphatic rings. The third-order valence-electron chi connectivity index (χ3n) is 4.40. The van der Waals surface area contributed by atoms with Crippen molar-refractivity contribution in [1.29, 1.82) is 0 Å². The van der Waals surface area contributed by atoms with Gasteiger partial charge in [-0.05, 0) is 26.2 Å². The van der Waals surface area contributed by atoms with E-state index in [2.05, 4.69) is 44.8 Å². The largest absolute Gasteiger partial charge is 0.311 e. The van der Waals surface area contributed by atoms with Gasteiger partial charge in [0.25, 0.3) is 0 Å². The Morgan fingerprint density at radius 3 is 2.50 bits per heavy atom. The quantitative estimate of drug-likeness (QED) is 0.698. The zero-order chi connectivity index (χ0) is 13.5. The molecule has 0 aromatic rings. The van der Waals surface area contributed by atoms with Crippen molar-refractivity contribution in [2.24, 2.45) is 5.92 Å². The lowest BCUT2D eigenvalue weighted by Crippen LogP contribution is -2.59. The van der Waals surface area contributed by atoms with Crippen molar-refractivity contribution < 1.29 is 0 Å². The van der Waals surface area contributed by atoms with Gasteiger partial charge in [0.05, 0.1) is 0 Å². The predicted molar refractivity (Wildman–Crippen MR) is 81.0 cm³/mol. The number of piperazine rings is 1. The summed E-state index contributed by atoms with van der Waals surface area (Å²) < 4.78 is 0. The molecule has 1 N–H and O–H groups in total. The van der Waals surface area contributed by atoms with Crippen LogP contribution in [-0.2, 0) is 0 Å². The number of rotatable bonds is 7. The lowest BCUT2D eigenvalue weighted by molar-refractivity contribution is 0.0614. The van der Waals surface area contributed by atoms with Crippen LogP contribution in [0, 0.1) is 5.92 Å². The monoisotopic (exact) mass is 254 g/mol. The van der Waals surface area contributed by atoms with Crippen molar-refractivity contribution in [3.05, 3.63) is 0 Å². The van der Waals surface area contributed by atoms with Gasteiger partial charge in [-0.1, -0.05) is 46.5 Å². The summed E-state index contributed by atoms with van der Waals surface area (Å²) in [6.07, 6.45) is 6.93. The van der Waals surface area contributed by atoms with Crippen molar-refractivity contribution in [1.82, 2.24) is 10.2 Å². The molecule has 0 spiro atoms. The number of hydrogen-bond donors (Lipinski definition) is 1. The van der Waals surface area contributed by atoms with Gasteiger partial charge in [-0.15, -0.1) is 0 Å². The molecule has 3 atom stereocenters. The summed E-state index contributed by atoms with van der Waals surface area (Å²) in [6.45, 7) is 14.1. The molecular formula is C16H34N2. The summed E-state index contributed by atoms with van der Waals surface area (Å²) in [5.74, 6) is 0.753. The standard InChI is InChI=1S/C16H34N2/c1-6-7-8-9-10-15(5)18-12-14(4)17-11-16(18)13(2)3/h13-17H,6-12H2,1-5H3. The molecule has 1 rings (SSSR count). The fourth-order valence-electron chi connectivity index (χ4n) is 3.11. The summed E-state index contributed by atoms with van der Waals surface area (Å²) in [7, 11) is 0. The fraction of sp³-hybridized carbons (Fsp3) is 1.00. The van der Waals surface area contributed by atoms with Gasteiger partial charge in [-0.3, -0.25) is 4.90 Å². The number of nitrogens with zero attached hydrogens (tertiary/aromatic N) is 1. The Kier molecular flexibility index (Phi) is 7.25. The van der Waals surface area contributed by atoms with Gasteiger partial charge >= 0.3 is 0 Å². The van der Waals surface area contributed by atoms with Crippen LogP contribution in [0.25, 0.3) is 0 Å². The summed E-state index contributed by atoms with van der Waals surface area (Å²) in [5, 5.41) is 3.63. The van der Waals surface area contributed by atoms with Crippen LogP contribution in [0.1, 0.15) is 66.7 Å². The third-order valence-corrected chi connectivity index (χ3v) is 4.40. The third kappa shape index (κ3) is 4.89. The van der Waals surface area contributed by atoms with Gasteiger partial charge in [0.1, 0.15) is 0 Å². The second-order valence-corrected chi connectivity index (χ2v) is 6.52. The van der Waals surface area contributed by atoms with Gasteiger partial charge in [0.2, 0.25) is 0 Å². The molecular weight excluding hydrogens is 220 g/mol. The highest BCUT2D eigenvalue weighted by Gasteiger charge is 2.30. The highest BCUT2D eigenvalue weighted by atomic mass is 15.3. The Morgan fingerprint density at radius 1 is 1.17 bits per heavy atom. The minimum atomic E-state index is 0.651. The summed E-state index contributed by atoms with van der Waals surface area (Å²) in [6, 6.07) is 2.12. The first-order valence-corrected chi connectivity index (χ1v) is 8.05. The fourth-order valence-corrected chi connectivity index (χ4v) is 3.11. The number of unbranched alkanes of at least 4 members (excludes halogenated alkanes) is 3. The summed E-state index contributed by atoms with van der Waals surface area (Å²) >= 11 is 0. The highest BCUT2D eigenvalue weighted by molar-refractivity contribution is 4.88. The molecule has 1 fully saturated rings. The second kappa shape index (κ2) is 8.16. The molecule has 2 nitrogen and oxygen atoms in total. The molecule has 1 saturated heterocycles. The second-order valence-electron chi connectivity index (χ2n) is 6.52. The minimum Gasteiger partial charge on any atom is -0.311 e. The van der Waals surface area contributed by atoms with Crippen LogP contribution < -0.4 is 5.32 Å². The van der Waals surface area contributed by atoms with E-state index in [-0.39, 0.29) is 0 Å². The van der Waals surface area contributed by atoms with E-state index in [1.807, 2.05) is 0 Å². The smallest absolute Gasteiger partial charge is 0.0247 e. The molecule has 18 heavy (non-hydrogen) atoms. The molecule has 0 bridgehead atoms. The van der Waals surface area contributed by atoms with E-state index in [4.69, 9.17) is 0 Å². The number of hydrogen-bond acceptors (Lipinski definition) is 2. The van der Waals surface area contributed by atoms with Crippen LogP contribution >= 0.6 is 0 Å². The van der Waals surface area contributed by atoms with Gasteiger partial charge in [0, 0.05) is 31.2 Å². The SMILES string of the molecule is CCCCCCC(C)N1CC(C)NCC1C(C)C. The Balaban J connectivity index is 2.42. The lowest BCUT2D eigenvalue weighted by Gasteiger charge is -2.45. The molecule has 0 aliphatic carbocycles. The molecule has 0 aromatic heterocycles. The Morgan fingerprint density at radius 2 is 1.89 bits per heavy atom. The first-order valence-electron chi connectivity index (χ1n) is 8.05. The predicted octanol–water partition coefficient (Wildman–Crippen LogP) is 3.66. The minimum absolute atomic E-state index is 0.651. The highest BCUT2D eigenvalue weighted by Crippen LogP contribution is 2.21. The zero-order valence-corrected chi connectivity index (χ0v) is 13.2. The Labute approximate surface area is 115 Å².